The Bertz CT molecular complexity index is 383. The Morgan fingerprint density at radius 3 is 2.56 bits per heavy atom. The Morgan fingerprint density at radius 2 is 2.06 bits per heavy atom. The number of rotatable bonds is 5. The van der Waals surface area contributed by atoms with E-state index in [0.717, 1.165) is 13.1 Å². The molecule has 1 aromatic rings. The maximum Gasteiger partial charge on any atom is 0.0846 e. The van der Waals surface area contributed by atoms with Crippen LogP contribution in [0, 0.1) is 23.7 Å². The predicted molar refractivity (Wildman–Crippen MR) is 65.4 cm³/mol. The van der Waals surface area contributed by atoms with Gasteiger partial charge in [-0.25, -0.2) is 0 Å². The van der Waals surface area contributed by atoms with Crippen molar-refractivity contribution in [2.75, 3.05) is 6.54 Å². The van der Waals surface area contributed by atoms with Gasteiger partial charge in [0.2, 0.25) is 0 Å². The van der Waals surface area contributed by atoms with Gasteiger partial charge in [0.15, 0.2) is 0 Å². The summed E-state index contributed by atoms with van der Waals surface area (Å²) in [5, 5.41) is 8.71. The summed E-state index contributed by atoms with van der Waals surface area (Å²) in [6.07, 6.45) is 5.83. The summed E-state index contributed by atoms with van der Waals surface area (Å²) in [6, 6.07) is 12.2. The van der Waals surface area contributed by atoms with E-state index in [9.17, 15) is 0 Å². The largest absolute Gasteiger partial charge is 0.285 e. The molecule has 0 heterocycles. The molecule has 0 amide bonds. The van der Waals surface area contributed by atoms with Crippen molar-refractivity contribution in [2.24, 2.45) is 0 Å². The van der Waals surface area contributed by atoms with E-state index in [-0.39, 0.29) is 6.04 Å². The highest BCUT2D eigenvalue weighted by Gasteiger charge is 2.14. The number of terminal acetylenes is 1. The Morgan fingerprint density at radius 1 is 1.38 bits per heavy atom. The zero-order valence-corrected chi connectivity index (χ0v) is 9.56. The van der Waals surface area contributed by atoms with E-state index in [2.05, 4.69) is 35.9 Å². The molecular weight excluding hydrogens is 196 g/mol. The molecule has 2 nitrogen and oxygen atoms in total. The van der Waals surface area contributed by atoms with Crippen molar-refractivity contribution in [1.29, 1.82) is 5.26 Å². The van der Waals surface area contributed by atoms with Gasteiger partial charge in [-0.2, -0.15) is 5.26 Å². The molecule has 0 aliphatic rings. The molecule has 1 unspecified atom stereocenters. The van der Waals surface area contributed by atoms with Crippen molar-refractivity contribution in [3.63, 3.8) is 0 Å². The summed E-state index contributed by atoms with van der Waals surface area (Å²) in [6.45, 7) is 3.71. The fourth-order valence-corrected chi connectivity index (χ4v) is 1.64. The van der Waals surface area contributed by atoms with Crippen LogP contribution in [0.2, 0.25) is 0 Å². The number of nitriles is 1. The fraction of sp³-hybridized carbons (Fsp3) is 0.357. The van der Waals surface area contributed by atoms with Crippen LogP contribution in [-0.4, -0.2) is 17.5 Å². The SMILES string of the molecule is C#CC(CC#N)N(CC)Cc1ccccc1. The summed E-state index contributed by atoms with van der Waals surface area (Å²) < 4.78 is 0. The third-order valence-corrected chi connectivity index (χ3v) is 2.55. The monoisotopic (exact) mass is 212 g/mol. The number of benzene rings is 1. The first-order valence-electron chi connectivity index (χ1n) is 5.42. The van der Waals surface area contributed by atoms with Crippen LogP contribution in [0.25, 0.3) is 0 Å². The minimum atomic E-state index is -0.0878. The van der Waals surface area contributed by atoms with E-state index in [4.69, 9.17) is 11.7 Å². The second-order valence-electron chi connectivity index (χ2n) is 3.59. The Balaban J connectivity index is 2.69. The van der Waals surface area contributed by atoms with Gasteiger partial charge in [-0.1, -0.05) is 43.2 Å². The van der Waals surface area contributed by atoms with Gasteiger partial charge in [0.1, 0.15) is 0 Å². The number of hydrogen-bond acceptors (Lipinski definition) is 2. The van der Waals surface area contributed by atoms with Crippen LogP contribution in [0.15, 0.2) is 30.3 Å². The van der Waals surface area contributed by atoms with Crippen LogP contribution < -0.4 is 0 Å². The van der Waals surface area contributed by atoms with Crippen LogP contribution >= 0.6 is 0 Å². The highest BCUT2D eigenvalue weighted by atomic mass is 15.1. The van der Waals surface area contributed by atoms with Gasteiger partial charge < -0.3 is 0 Å². The molecule has 0 radical (unpaired) electrons. The molecule has 0 aromatic heterocycles. The number of nitrogens with zero attached hydrogens (tertiary/aromatic N) is 2. The maximum absolute atomic E-state index is 8.71. The van der Waals surface area contributed by atoms with Gasteiger partial charge in [-0.3, -0.25) is 4.90 Å². The van der Waals surface area contributed by atoms with E-state index in [1.54, 1.807) is 0 Å². The average Bonchev–Trinajstić information content (AvgIpc) is 2.35. The van der Waals surface area contributed by atoms with Gasteiger partial charge in [0.25, 0.3) is 0 Å². The highest BCUT2D eigenvalue weighted by molar-refractivity contribution is 5.15. The molecule has 0 N–H and O–H groups in total. The second-order valence-corrected chi connectivity index (χ2v) is 3.59. The molecule has 16 heavy (non-hydrogen) atoms. The molecule has 1 aromatic carbocycles. The molecular formula is C14H16N2. The molecule has 1 rings (SSSR count). The molecule has 1 atom stereocenters. The number of hydrogen-bond donors (Lipinski definition) is 0. The lowest BCUT2D eigenvalue weighted by Gasteiger charge is -2.25. The summed E-state index contributed by atoms with van der Waals surface area (Å²) in [5.74, 6) is 2.68. The Labute approximate surface area is 97.5 Å². The minimum absolute atomic E-state index is 0.0878. The van der Waals surface area contributed by atoms with E-state index < -0.39 is 0 Å². The third kappa shape index (κ3) is 3.42. The summed E-state index contributed by atoms with van der Waals surface area (Å²) in [7, 11) is 0. The molecule has 0 aliphatic carbocycles. The van der Waals surface area contributed by atoms with E-state index in [1.807, 2.05) is 18.2 Å². The minimum Gasteiger partial charge on any atom is -0.285 e. The quantitative estimate of drug-likeness (QED) is 0.701. The zero-order valence-electron chi connectivity index (χ0n) is 9.56. The second kappa shape index (κ2) is 6.67. The smallest absolute Gasteiger partial charge is 0.0846 e. The normalized spacial score (nSPS) is 11.8. The summed E-state index contributed by atoms with van der Waals surface area (Å²) in [5.41, 5.74) is 1.22. The first-order valence-corrected chi connectivity index (χ1v) is 5.42. The van der Waals surface area contributed by atoms with Crippen LogP contribution in [0.4, 0.5) is 0 Å². The summed E-state index contributed by atoms with van der Waals surface area (Å²) in [4.78, 5) is 2.14. The molecule has 0 aliphatic heterocycles. The first-order chi connectivity index (χ1) is 7.81. The Kier molecular flexibility index (Phi) is 5.12. The van der Waals surface area contributed by atoms with Crippen molar-refractivity contribution >= 4 is 0 Å². The van der Waals surface area contributed by atoms with Crippen LogP contribution in [-0.2, 0) is 6.54 Å². The topological polar surface area (TPSA) is 27.0 Å². The van der Waals surface area contributed by atoms with E-state index >= 15 is 0 Å². The molecule has 0 saturated heterocycles. The first kappa shape index (κ1) is 12.3. The lowest BCUT2D eigenvalue weighted by atomic mass is 10.1. The molecule has 0 saturated carbocycles. The standard InChI is InChI=1S/C14H16N2/c1-3-14(10-11-15)16(4-2)12-13-8-6-5-7-9-13/h1,5-9,14H,4,10,12H2,2H3. The lowest BCUT2D eigenvalue weighted by Crippen LogP contribution is -2.33. The van der Waals surface area contributed by atoms with Crippen molar-refractivity contribution < 1.29 is 0 Å². The van der Waals surface area contributed by atoms with Gasteiger partial charge in [0.05, 0.1) is 18.5 Å². The molecule has 2 heteroatoms. The van der Waals surface area contributed by atoms with Crippen LogP contribution in [0.3, 0.4) is 0 Å². The van der Waals surface area contributed by atoms with Crippen molar-refractivity contribution in [2.45, 2.75) is 25.9 Å². The van der Waals surface area contributed by atoms with Crippen LogP contribution in [0.5, 0.6) is 0 Å². The lowest BCUT2D eigenvalue weighted by molar-refractivity contribution is 0.241. The highest BCUT2D eigenvalue weighted by Crippen LogP contribution is 2.09. The van der Waals surface area contributed by atoms with Gasteiger partial charge in [-0.05, 0) is 12.1 Å². The predicted octanol–water partition coefficient (Wildman–Crippen LogP) is 2.42. The Hall–Kier alpha value is -1.77. The zero-order chi connectivity index (χ0) is 11.8. The van der Waals surface area contributed by atoms with Gasteiger partial charge in [-0.15, -0.1) is 6.42 Å². The maximum atomic E-state index is 8.71. The van der Waals surface area contributed by atoms with Crippen LogP contribution in [0.1, 0.15) is 18.9 Å². The van der Waals surface area contributed by atoms with Gasteiger partial charge >= 0.3 is 0 Å². The van der Waals surface area contributed by atoms with Crippen molar-refractivity contribution in [3.05, 3.63) is 35.9 Å². The van der Waals surface area contributed by atoms with Crippen molar-refractivity contribution in [3.8, 4) is 18.4 Å². The molecule has 0 spiro atoms. The molecule has 0 bridgehead atoms. The molecule has 0 fully saturated rings. The van der Waals surface area contributed by atoms with Crippen molar-refractivity contribution in [1.82, 2.24) is 4.90 Å². The molecule has 82 valence electrons. The third-order valence-electron chi connectivity index (χ3n) is 2.55. The van der Waals surface area contributed by atoms with E-state index in [0.29, 0.717) is 6.42 Å². The van der Waals surface area contributed by atoms with Gasteiger partial charge in [0, 0.05) is 6.54 Å². The average molecular weight is 212 g/mol. The fourth-order valence-electron chi connectivity index (χ4n) is 1.64. The van der Waals surface area contributed by atoms with E-state index in [1.165, 1.54) is 5.56 Å². The summed E-state index contributed by atoms with van der Waals surface area (Å²) >= 11 is 0.